The van der Waals surface area contributed by atoms with Crippen molar-refractivity contribution in [2.45, 2.75) is 46.1 Å². The van der Waals surface area contributed by atoms with Crippen LogP contribution in [0, 0.1) is 20.2 Å². The van der Waals surface area contributed by atoms with Crippen molar-refractivity contribution in [3.8, 4) is 0 Å². The number of allylic oxidation sites excluding steroid dienone is 2. The van der Waals surface area contributed by atoms with Gasteiger partial charge in [-0.25, -0.2) is 9.59 Å². The van der Waals surface area contributed by atoms with Crippen molar-refractivity contribution in [2.24, 2.45) is 0 Å². The molecular formula is C21H25N3O9. The highest BCUT2D eigenvalue weighted by atomic mass is 16.9. The number of esters is 2. The second-order valence-corrected chi connectivity index (χ2v) is 7.49. The van der Waals surface area contributed by atoms with E-state index < -0.39 is 34.0 Å². The van der Waals surface area contributed by atoms with Crippen LogP contribution in [0.4, 0.5) is 5.69 Å². The number of non-ortho nitro benzene ring substituents is 1. The third kappa shape index (κ3) is 6.51. The molecule has 0 aromatic heterocycles. The molecule has 0 radical (unpaired) electrons. The summed E-state index contributed by atoms with van der Waals surface area (Å²) in [7, 11) is 0. The zero-order valence-corrected chi connectivity index (χ0v) is 18.7. The van der Waals surface area contributed by atoms with Crippen molar-refractivity contribution >= 4 is 17.6 Å². The summed E-state index contributed by atoms with van der Waals surface area (Å²) in [4.78, 5) is 51.1. The van der Waals surface area contributed by atoms with Gasteiger partial charge in [-0.05, 0) is 33.3 Å². The third-order valence-corrected chi connectivity index (χ3v) is 4.68. The number of rotatable bonds is 10. The van der Waals surface area contributed by atoms with Gasteiger partial charge in [0.1, 0.15) is 0 Å². The highest BCUT2D eigenvalue weighted by Gasteiger charge is 2.38. The van der Waals surface area contributed by atoms with Crippen LogP contribution in [0.25, 0.3) is 0 Å². The summed E-state index contributed by atoms with van der Waals surface area (Å²) in [5.41, 5.74) is 1.17. The Labute approximate surface area is 189 Å². The van der Waals surface area contributed by atoms with Crippen molar-refractivity contribution in [3.63, 3.8) is 0 Å². The quantitative estimate of drug-likeness (QED) is 0.236. The SMILES string of the molecule is CC1=C(C(=O)OCCCO[N+](=O)[O-])C(c2cccc([N+](=O)[O-])c2)C(C(=O)OC(C)C)=C(C)N1. The van der Waals surface area contributed by atoms with Crippen molar-refractivity contribution in [1.29, 1.82) is 0 Å². The smallest absolute Gasteiger partial charge is 0.337 e. The standard InChI is InChI=1S/C21H25N3O9/c1-12(2)33-21(26)18-14(4)22-13(3)17(20(25)31-9-6-10-32-24(29)30)19(18)15-7-5-8-16(11-15)23(27)28/h5,7-8,11-12,19,22H,6,9-10H2,1-4H3. The number of nitrogens with zero attached hydrogens (tertiary/aromatic N) is 2. The summed E-state index contributed by atoms with van der Waals surface area (Å²) in [6, 6.07) is 5.63. The van der Waals surface area contributed by atoms with Crippen LogP contribution in [0.3, 0.4) is 0 Å². The summed E-state index contributed by atoms with van der Waals surface area (Å²) in [5.74, 6) is -2.44. The average molecular weight is 463 g/mol. The first-order valence-corrected chi connectivity index (χ1v) is 10.1. The molecule has 1 aliphatic heterocycles. The molecule has 0 fully saturated rings. The van der Waals surface area contributed by atoms with E-state index in [9.17, 15) is 29.8 Å². The molecule has 0 bridgehead atoms. The Balaban J connectivity index is 2.45. The van der Waals surface area contributed by atoms with E-state index in [2.05, 4.69) is 10.2 Å². The van der Waals surface area contributed by atoms with E-state index in [0.717, 1.165) is 0 Å². The molecule has 1 aromatic rings. The van der Waals surface area contributed by atoms with Crippen molar-refractivity contribution < 1.29 is 33.9 Å². The molecule has 0 saturated carbocycles. The summed E-state index contributed by atoms with van der Waals surface area (Å²) >= 11 is 0. The lowest BCUT2D eigenvalue weighted by Gasteiger charge is -2.30. The molecule has 178 valence electrons. The maximum absolute atomic E-state index is 13.0. The maximum atomic E-state index is 13.0. The van der Waals surface area contributed by atoms with E-state index in [-0.39, 0.29) is 36.5 Å². The number of nitro benzene ring substituents is 1. The fourth-order valence-corrected chi connectivity index (χ4v) is 3.40. The van der Waals surface area contributed by atoms with Crippen LogP contribution in [0.5, 0.6) is 0 Å². The molecule has 0 aliphatic carbocycles. The molecule has 1 aromatic carbocycles. The Morgan fingerprint density at radius 1 is 1.06 bits per heavy atom. The lowest BCUT2D eigenvalue weighted by Crippen LogP contribution is -2.33. The topological polar surface area (TPSA) is 160 Å². The van der Waals surface area contributed by atoms with E-state index >= 15 is 0 Å². The summed E-state index contributed by atoms with van der Waals surface area (Å²) in [5, 5.41) is 23.6. The minimum absolute atomic E-state index is 0.0745. The van der Waals surface area contributed by atoms with Crippen LogP contribution in [0.15, 0.2) is 46.8 Å². The first-order chi connectivity index (χ1) is 15.5. The van der Waals surface area contributed by atoms with Crippen LogP contribution in [-0.4, -0.2) is 41.3 Å². The van der Waals surface area contributed by atoms with Gasteiger partial charge in [-0.1, -0.05) is 12.1 Å². The minimum Gasteiger partial charge on any atom is -0.462 e. The molecule has 2 rings (SSSR count). The monoisotopic (exact) mass is 463 g/mol. The number of carbonyl (C=O) groups excluding carboxylic acids is 2. The highest BCUT2D eigenvalue weighted by molar-refractivity contribution is 6.00. The van der Waals surface area contributed by atoms with Gasteiger partial charge in [0.05, 0.1) is 41.3 Å². The highest BCUT2D eigenvalue weighted by Crippen LogP contribution is 2.40. The van der Waals surface area contributed by atoms with E-state index in [1.54, 1.807) is 33.8 Å². The molecule has 12 nitrogen and oxygen atoms in total. The number of hydrogen-bond acceptors (Lipinski definition) is 10. The minimum atomic E-state index is -0.986. The normalized spacial score (nSPS) is 15.7. The Bertz CT molecular complexity index is 1010. The molecule has 1 N–H and O–H groups in total. The number of hydrogen-bond donors (Lipinski definition) is 1. The predicted octanol–water partition coefficient (Wildman–Crippen LogP) is 2.92. The average Bonchev–Trinajstić information content (AvgIpc) is 2.71. The number of nitro groups is 1. The van der Waals surface area contributed by atoms with Crippen molar-refractivity contribution in [2.75, 3.05) is 13.2 Å². The zero-order chi connectivity index (χ0) is 24.7. The third-order valence-electron chi connectivity index (χ3n) is 4.68. The van der Waals surface area contributed by atoms with E-state index in [1.165, 1.54) is 18.2 Å². The van der Waals surface area contributed by atoms with Crippen molar-refractivity contribution in [1.82, 2.24) is 5.32 Å². The largest absolute Gasteiger partial charge is 0.462 e. The van der Waals surface area contributed by atoms with Gasteiger partial charge in [0, 0.05) is 29.9 Å². The number of nitrogens with one attached hydrogen (secondary N) is 1. The van der Waals surface area contributed by atoms with Gasteiger partial charge in [-0.3, -0.25) is 10.1 Å². The van der Waals surface area contributed by atoms with Gasteiger partial charge in [-0.15, -0.1) is 10.1 Å². The molecule has 0 spiro atoms. The first-order valence-electron chi connectivity index (χ1n) is 10.1. The zero-order valence-electron chi connectivity index (χ0n) is 18.7. The Morgan fingerprint density at radius 2 is 1.70 bits per heavy atom. The lowest BCUT2D eigenvalue weighted by atomic mass is 9.80. The summed E-state index contributed by atoms with van der Waals surface area (Å²) in [6.07, 6.45) is -0.363. The number of dihydropyridines is 1. The number of carbonyl (C=O) groups is 2. The molecule has 1 unspecified atom stereocenters. The molecule has 0 saturated heterocycles. The van der Waals surface area contributed by atoms with Gasteiger partial charge in [0.15, 0.2) is 0 Å². The van der Waals surface area contributed by atoms with E-state index in [1.807, 2.05) is 0 Å². The Kier molecular flexibility index (Phi) is 8.49. The van der Waals surface area contributed by atoms with Crippen LogP contribution in [0.2, 0.25) is 0 Å². The molecule has 1 heterocycles. The van der Waals surface area contributed by atoms with Gasteiger partial charge in [-0.2, -0.15) is 0 Å². The van der Waals surface area contributed by atoms with Crippen LogP contribution < -0.4 is 5.32 Å². The Hall–Kier alpha value is -3.96. The van der Waals surface area contributed by atoms with Crippen molar-refractivity contribution in [3.05, 3.63) is 72.6 Å². The first kappa shape index (κ1) is 25.3. The van der Waals surface area contributed by atoms with Crippen LogP contribution in [0.1, 0.15) is 45.6 Å². The Morgan fingerprint density at radius 3 is 2.27 bits per heavy atom. The fourth-order valence-electron chi connectivity index (χ4n) is 3.40. The summed E-state index contributed by atoms with van der Waals surface area (Å²) < 4.78 is 10.6. The second-order valence-electron chi connectivity index (χ2n) is 7.49. The molecule has 1 aliphatic rings. The number of benzene rings is 1. The van der Waals surface area contributed by atoms with Gasteiger partial charge in [0.25, 0.3) is 10.8 Å². The molecule has 12 heteroatoms. The van der Waals surface area contributed by atoms with E-state index in [0.29, 0.717) is 17.0 Å². The van der Waals surface area contributed by atoms with Gasteiger partial charge < -0.3 is 19.6 Å². The lowest BCUT2D eigenvalue weighted by molar-refractivity contribution is -0.757. The molecular weight excluding hydrogens is 438 g/mol. The number of ether oxygens (including phenoxy) is 2. The van der Waals surface area contributed by atoms with Crippen LogP contribution in [-0.2, 0) is 23.9 Å². The maximum Gasteiger partial charge on any atom is 0.337 e. The molecule has 0 amide bonds. The molecule has 33 heavy (non-hydrogen) atoms. The van der Waals surface area contributed by atoms with Crippen LogP contribution >= 0.6 is 0 Å². The molecule has 1 atom stereocenters. The van der Waals surface area contributed by atoms with Gasteiger partial charge >= 0.3 is 11.9 Å². The predicted molar refractivity (Wildman–Crippen MR) is 114 cm³/mol. The van der Waals surface area contributed by atoms with Gasteiger partial charge in [0.2, 0.25) is 0 Å². The summed E-state index contributed by atoms with van der Waals surface area (Å²) in [6.45, 7) is 6.19. The fraction of sp³-hybridized carbons (Fsp3) is 0.429. The second kappa shape index (κ2) is 11.1. The van der Waals surface area contributed by atoms with E-state index in [4.69, 9.17) is 9.47 Å².